The summed E-state index contributed by atoms with van der Waals surface area (Å²) >= 11 is 0. The summed E-state index contributed by atoms with van der Waals surface area (Å²) in [4.78, 5) is 27.5. The Kier molecular flexibility index (Phi) is 5.07. The molecular formula is C15H22N2O2. The van der Waals surface area contributed by atoms with Crippen LogP contribution >= 0.6 is 0 Å². The first-order valence-corrected chi connectivity index (χ1v) is 7.38. The summed E-state index contributed by atoms with van der Waals surface area (Å²) in [5.74, 6) is 1.69. The Hall–Kier alpha value is -1.24. The average Bonchev–Trinajstić information content (AvgIpc) is 2.97. The molecule has 2 aliphatic carbocycles. The smallest absolute Gasteiger partial charge is 0.211 e. The summed E-state index contributed by atoms with van der Waals surface area (Å²) in [5, 5.41) is 0. The summed E-state index contributed by atoms with van der Waals surface area (Å²) in [6.45, 7) is 1.25. The lowest BCUT2D eigenvalue weighted by Crippen LogP contribution is -2.26. The first-order chi connectivity index (χ1) is 9.30. The van der Waals surface area contributed by atoms with Gasteiger partial charge in [0.05, 0.1) is 13.1 Å². The summed E-state index contributed by atoms with van der Waals surface area (Å²) in [6.07, 6.45) is 13.0. The number of aliphatic imine (C=N–C) groups is 2. The molecule has 2 bridgehead atoms. The predicted octanol–water partition coefficient (Wildman–Crippen LogP) is 3.02. The third-order valence-electron chi connectivity index (χ3n) is 5.15. The van der Waals surface area contributed by atoms with E-state index < -0.39 is 0 Å². The van der Waals surface area contributed by atoms with Crippen LogP contribution in [-0.4, -0.2) is 25.2 Å². The molecule has 0 saturated heterocycles. The molecule has 2 rings (SSSR count). The maximum atomic E-state index is 10.2. The molecule has 3 unspecified atom stereocenters. The lowest BCUT2D eigenvalue weighted by Gasteiger charge is -2.35. The van der Waals surface area contributed by atoms with Gasteiger partial charge in [0.1, 0.15) is 0 Å². The fraction of sp³-hybridized carbons (Fsp3) is 0.867. The van der Waals surface area contributed by atoms with Gasteiger partial charge in [0.15, 0.2) is 0 Å². The highest BCUT2D eigenvalue weighted by Gasteiger charge is 2.50. The summed E-state index contributed by atoms with van der Waals surface area (Å²) in [6, 6.07) is 0. The number of carbonyl (C=O) groups excluding carboxylic acids is 2. The van der Waals surface area contributed by atoms with Gasteiger partial charge >= 0.3 is 0 Å². The zero-order chi connectivity index (χ0) is 13.6. The average molecular weight is 262 g/mol. The lowest BCUT2D eigenvalue weighted by molar-refractivity contribution is 0.159. The van der Waals surface area contributed by atoms with Gasteiger partial charge in [0.2, 0.25) is 12.2 Å². The van der Waals surface area contributed by atoms with Gasteiger partial charge in [-0.25, -0.2) is 19.6 Å². The molecule has 4 nitrogen and oxygen atoms in total. The van der Waals surface area contributed by atoms with Crippen molar-refractivity contribution in [2.45, 2.75) is 51.4 Å². The van der Waals surface area contributed by atoms with Crippen molar-refractivity contribution < 1.29 is 9.59 Å². The second kappa shape index (κ2) is 6.79. The first-order valence-electron chi connectivity index (χ1n) is 7.38. The van der Waals surface area contributed by atoms with Crippen molar-refractivity contribution in [1.29, 1.82) is 0 Å². The van der Waals surface area contributed by atoms with E-state index in [2.05, 4.69) is 9.98 Å². The standard InChI is InChI=1S/C15H22N2O2/c18-11-16-7-2-1-3-14-9-13-4-5-15(14,10-13)6-8-17-12-19/h13-14H,1-10H2. The normalized spacial score (nSPS) is 31.8. The number of isocyanates is 2. The molecule has 0 N–H and O–H groups in total. The molecule has 2 fully saturated rings. The largest absolute Gasteiger partial charge is 0.234 e. The first kappa shape index (κ1) is 14.2. The van der Waals surface area contributed by atoms with E-state index in [1.807, 2.05) is 0 Å². The number of fused-ring (bicyclic) bond motifs is 2. The van der Waals surface area contributed by atoms with Gasteiger partial charge in [-0.05, 0) is 62.2 Å². The highest BCUT2D eigenvalue weighted by atomic mass is 16.1. The fourth-order valence-electron chi connectivity index (χ4n) is 4.30. The number of rotatable bonds is 8. The molecule has 0 aromatic heterocycles. The van der Waals surface area contributed by atoms with Crippen molar-refractivity contribution in [3.8, 4) is 0 Å². The van der Waals surface area contributed by atoms with Crippen molar-refractivity contribution in [3.05, 3.63) is 0 Å². The maximum Gasteiger partial charge on any atom is 0.234 e. The summed E-state index contributed by atoms with van der Waals surface area (Å²) in [5.41, 5.74) is 0.443. The van der Waals surface area contributed by atoms with Crippen molar-refractivity contribution in [3.63, 3.8) is 0 Å². The fourth-order valence-corrected chi connectivity index (χ4v) is 4.30. The molecule has 2 aliphatic rings. The Labute approximate surface area is 114 Å². The minimum absolute atomic E-state index is 0.443. The summed E-state index contributed by atoms with van der Waals surface area (Å²) in [7, 11) is 0. The Balaban J connectivity index is 1.81. The molecule has 104 valence electrons. The van der Waals surface area contributed by atoms with Crippen LogP contribution in [0.1, 0.15) is 51.4 Å². The molecule has 3 atom stereocenters. The van der Waals surface area contributed by atoms with Crippen LogP contribution in [0, 0.1) is 17.3 Å². The number of hydrogen-bond donors (Lipinski definition) is 0. The van der Waals surface area contributed by atoms with E-state index in [-0.39, 0.29) is 0 Å². The van der Waals surface area contributed by atoms with Crippen LogP contribution < -0.4 is 0 Å². The molecule has 0 radical (unpaired) electrons. The Morgan fingerprint density at radius 1 is 1.11 bits per heavy atom. The van der Waals surface area contributed by atoms with E-state index in [0.717, 1.165) is 31.1 Å². The monoisotopic (exact) mass is 262 g/mol. The van der Waals surface area contributed by atoms with Crippen LogP contribution in [-0.2, 0) is 9.59 Å². The Morgan fingerprint density at radius 2 is 1.89 bits per heavy atom. The zero-order valence-corrected chi connectivity index (χ0v) is 11.4. The molecule has 19 heavy (non-hydrogen) atoms. The molecule has 0 aromatic carbocycles. The van der Waals surface area contributed by atoms with Crippen LogP contribution in [0.2, 0.25) is 0 Å². The number of unbranched alkanes of at least 4 members (excludes halogenated alkanes) is 1. The van der Waals surface area contributed by atoms with Gasteiger partial charge < -0.3 is 0 Å². The quantitative estimate of drug-likeness (QED) is 0.383. The van der Waals surface area contributed by atoms with Gasteiger partial charge in [0, 0.05) is 0 Å². The number of hydrogen-bond acceptors (Lipinski definition) is 4. The minimum atomic E-state index is 0.443. The van der Waals surface area contributed by atoms with E-state index in [1.54, 1.807) is 12.2 Å². The van der Waals surface area contributed by atoms with Crippen LogP contribution in [0.5, 0.6) is 0 Å². The molecule has 0 spiro atoms. The topological polar surface area (TPSA) is 58.9 Å². The van der Waals surface area contributed by atoms with Gasteiger partial charge in [-0.15, -0.1) is 0 Å². The van der Waals surface area contributed by atoms with Crippen LogP contribution in [0.15, 0.2) is 9.98 Å². The predicted molar refractivity (Wildman–Crippen MR) is 72.3 cm³/mol. The SMILES string of the molecule is O=C=NCCCCC1CC2CCC1(CCN=C=O)C2. The van der Waals surface area contributed by atoms with E-state index in [4.69, 9.17) is 0 Å². The van der Waals surface area contributed by atoms with E-state index >= 15 is 0 Å². The molecule has 0 heterocycles. The Bertz CT molecular complexity index is 397. The van der Waals surface area contributed by atoms with E-state index in [1.165, 1.54) is 32.1 Å². The highest BCUT2D eigenvalue weighted by Crippen LogP contribution is 2.60. The molecule has 2 saturated carbocycles. The van der Waals surface area contributed by atoms with Gasteiger partial charge in [-0.2, -0.15) is 0 Å². The Morgan fingerprint density at radius 3 is 2.63 bits per heavy atom. The van der Waals surface area contributed by atoms with Crippen molar-refractivity contribution in [2.24, 2.45) is 27.2 Å². The van der Waals surface area contributed by atoms with Crippen molar-refractivity contribution in [1.82, 2.24) is 0 Å². The highest BCUT2D eigenvalue weighted by molar-refractivity contribution is 5.33. The van der Waals surface area contributed by atoms with Crippen LogP contribution in [0.25, 0.3) is 0 Å². The minimum Gasteiger partial charge on any atom is -0.211 e. The van der Waals surface area contributed by atoms with Crippen molar-refractivity contribution in [2.75, 3.05) is 13.1 Å². The second-order valence-corrected chi connectivity index (χ2v) is 6.10. The van der Waals surface area contributed by atoms with Crippen molar-refractivity contribution >= 4 is 12.2 Å². The third kappa shape index (κ3) is 3.40. The molecule has 0 amide bonds. The van der Waals surface area contributed by atoms with E-state index in [9.17, 15) is 9.59 Å². The molecule has 0 aromatic rings. The van der Waals surface area contributed by atoms with Gasteiger partial charge in [-0.3, -0.25) is 0 Å². The van der Waals surface area contributed by atoms with Crippen LogP contribution in [0.4, 0.5) is 0 Å². The molecular weight excluding hydrogens is 240 g/mol. The molecule has 4 heteroatoms. The summed E-state index contributed by atoms with van der Waals surface area (Å²) < 4.78 is 0. The molecule has 0 aliphatic heterocycles. The number of nitrogens with zero attached hydrogens (tertiary/aromatic N) is 2. The van der Waals surface area contributed by atoms with Crippen LogP contribution in [0.3, 0.4) is 0 Å². The van der Waals surface area contributed by atoms with E-state index in [0.29, 0.717) is 18.5 Å². The third-order valence-corrected chi connectivity index (χ3v) is 5.15. The maximum absolute atomic E-state index is 10.2. The van der Waals surface area contributed by atoms with Gasteiger partial charge in [0.25, 0.3) is 0 Å². The zero-order valence-electron chi connectivity index (χ0n) is 11.4. The lowest BCUT2D eigenvalue weighted by atomic mass is 9.70. The van der Waals surface area contributed by atoms with Gasteiger partial charge in [-0.1, -0.05) is 6.42 Å². The second-order valence-electron chi connectivity index (χ2n) is 6.10.